The molecule has 3 aromatic carbocycles. The Morgan fingerprint density at radius 3 is 1.48 bits per heavy atom. The minimum absolute atomic E-state index is 0.483. The molecule has 2 saturated heterocycles. The first-order valence-electron chi connectivity index (χ1n) is 16.1. The topological polar surface area (TPSA) is 9.72 Å². The van der Waals surface area contributed by atoms with Gasteiger partial charge in [0, 0.05) is 55.9 Å². The van der Waals surface area contributed by atoms with Crippen LogP contribution in [0.25, 0.3) is 0 Å². The van der Waals surface area contributed by atoms with E-state index in [1.54, 1.807) is 0 Å². The fraction of sp³-hybridized carbons (Fsp3) is 0.514. The van der Waals surface area contributed by atoms with E-state index in [2.05, 4.69) is 120 Å². The summed E-state index contributed by atoms with van der Waals surface area (Å²) in [7, 11) is 0. The van der Waals surface area contributed by atoms with Crippen molar-refractivity contribution in [3.8, 4) is 0 Å². The molecule has 2 heterocycles. The lowest BCUT2D eigenvalue weighted by Gasteiger charge is -2.45. The molecule has 2 saturated carbocycles. The van der Waals surface area contributed by atoms with Crippen LogP contribution in [-0.4, -0.2) is 52.0 Å². The van der Waals surface area contributed by atoms with Crippen LogP contribution in [0.4, 0.5) is 0 Å². The summed E-state index contributed by atoms with van der Waals surface area (Å²) in [5.41, 5.74) is 4.41. The van der Waals surface area contributed by atoms with E-state index >= 15 is 0 Å². The highest BCUT2D eigenvalue weighted by atomic mass is 15.3. The van der Waals surface area contributed by atoms with Crippen LogP contribution in [0.15, 0.2) is 91.0 Å². The fourth-order valence-electron chi connectivity index (χ4n) is 9.33. The van der Waals surface area contributed by atoms with Gasteiger partial charge in [-0.05, 0) is 80.9 Å². The van der Waals surface area contributed by atoms with Gasteiger partial charge in [-0.1, -0.05) is 91.0 Å². The molecule has 7 rings (SSSR count). The number of hydrogen-bond acceptors (Lipinski definition) is 3. The van der Waals surface area contributed by atoms with Crippen LogP contribution in [-0.2, 0) is 6.54 Å². The number of fused-ring (bicyclic) bond motifs is 4. The molecule has 4 aliphatic rings. The molecule has 0 spiro atoms. The average Bonchev–Trinajstić information content (AvgIpc) is 3.80. The Kier molecular flexibility index (Phi) is 7.56. The summed E-state index contributed by atoms with van der Waals surface area (Å²) in [5.74, 6) is 1.68. The third kappa shape index (κ3) is 5.06. The molecule has 3 nitrogen and oxygen atoms in total. The van der Waals surface area contributed by atoms with Crippen LogP contribution in [0.3, 0.4) is 0 Å². The molecule has 0 unspecified atom stereocenters. The van der Waals surface area contributed by atoms with Gasteiger partial charge in [0.2, 0.25) is 0 Å². The second-order valence-electron chi connectivity index (χ2n) is 13.3. The highest BCUT2D eigenvalue weighted by Gasteiger charge is 2.50. The molecule has 0 radical (unpaired) electrons. The van der Waals surface area contributed by atoms with E-state index in [0.29, 0.717) is 24.2 Å². The molecule has 0 N–H and O–H groups in total. The summed E-state index contributed by atoms with van der Waals surface area (Å²) in [6, 6.07) is 37.6. The largest absolute Gasteiger partial charge is 0.296 e. The summed E-state index contributed by atoms with van der Waals surface area (Å²) < 4.78 is 0. The highest BCUT2D eigenvalue weighted by molar-refractivity contribution is 5.22. The summed E-state index contributed by atoms with van der Waals surface area (Å²) in [5, 5.41) is 0. The molecule has 8 atom stereocenters. The van der Waals surface area contributed by atoms with Gasteiger partial charge in [-0.2, -0.15) is 0 Å². The SMILES string of the molecule is C[C@@H](c1ccccc1)N1[C@H]2CC[C@H](C2)[C@@H]1CN(Cc1ccccc1)C[C@H]1[C@@H]2CC[C@@H](C2)N1[C@@H](C)c1ccccc1. The van der Waals surface area contributed by atoms with Gasteiger partial charge in [-0.15, -0.1) is 0 Å². The van der Waals surface area contributed by atoms with Gasteiger partial charge in [-0.3, -0.25) is 14.7 Å². The molecule has 2 aliphatic heterocycles. The lowest BCUT2D eigenvalue weighted by molar-refractivity contribution is 0.0312. The van der Waals surface area contributed by atoms with Crippen molar-refractivity contribution < 1.29 is 0 Å². The zero-order chi connectivity index (χ0) is 27.1. The molecule has 0 amide bonds. The van der Waals surface area contributed by atoms with E-state index in [1.807, 2.05) is 0 Å². The second kappa shape index (κ2) is 11.4. The van der Waals surface area contributed by atoms with E-state index in [4.69, 9.17) is 0 Å². The first-order chi connectivity index (χ1) is 19.7. The van der Waals surface area contributed by atoms with E-state index in [0.717, 1.165) is 30.5 Å². The van der Waals surface area contributed by atoms with Gasteiger partial charge >= 0.3 is 0 Å². The zero-order valence-electron chi connectivity index (χ0n) is 24.5. The number of nitrogens with zero attached hydrogens (tertiary/aromatic N) is 3. The second-order valence-corrected chi connectivity index (χ2v) is 13.3. The zero-order valence-corrected chi connectivity index (χ0v) is 24.5. The van der Waals surface area contributed by atoms with Gasteiger partial charge in [-0.25, -0.2) is 0 Å². The molecule has 4 bridgehead atoms. The van der Waals surface area contributed by atoms with Crippen LogP contribution < -0.4 is 0 Å². The number of benzene rings is 3. The first-order valence-corrected chi connectivity index (χ1v) is 16.1. The molecule has 3 aromatic rings. The van der Waals surface area contributed by atoms with Crippen molar-refractivity contribution in [2.24, 2.45) is 11.8 Å². The lowest BCUT2D eigenvalue weighted by atomic mass is 9.93. The third-order valence-corrected chi connectivity index (χ3v) is 11.2. The number of piperidine rings is 2. The normalized spacial score (nSPS) is 31.3. The number of hydrogen-bond donors (Lipinski definition) is 0. The maximum absolute atomic E-state index is 2.94. The smallest absolute Gasteiger partial charge is 0.0326 e. The summed E-state index contributed by atoms with van der Waals surface area (Å²) in [6.07, 6.45) is 8.38. The van der Waals surface area contributed by atoms with Gasteiger partial charge in [0.1, 0.15) is 0 Å². The Balaban J connectivity index is 1.16. The molecule has 40 heavy (non-hydrogen) atoms. The molecule has 4 fully saturated rings. The van der Waals surface area contributed by atoms with Crippen LogP contribution in [0.2, 0.25) is 0 Å². The molecule has 2 aliphatic carbocycles. The van der Waals surface area contributed by atoms with Crippen molar-refractivity contribution in [1.82, 2.24) is 14.7 Å². The third-order valence-electron chi connectivity index (χ3n) is 11.2. The summed E-state index contributed by atoms with van der Waals surface area (Å²) in [4.78, 5) is 8.75. The molecular weight excluding hydrogens is 486 g/mol. The molecule has 3 heteroatoms. The van der Waals surface area contributed by atoms with Crippen molar-refractivity contribution in [3.05, 3.63) is 108 Å². The van der Waals surface area contributed by atoms with Gasteiger partial charge in [0.25, 0.3) is 0 Å². The quantitative estimate of drug-likeness (QED) is 0.264. The Morgan fingerprint density at radius 2 is 1.02 bits per heavy atom. The Morgan fingerprint density at radius 1 is 0.600 bits per heavy atom. The van der Waals surface area contributed by atoms with Crippen molar-refractivity contribution >= 4 is 0 Å². The van der Waals surface area contributed by atoms with E-state index in [1.165, 1.54) is 68.3 Å². The van der Waals surface area contributed by atoms with Gasteiger partial charge < -0.3 is 0 Å². The fourth-order valence-corrected chi connectivity index (χ4v) is 9.33. The maximum Gasteiger partial charge on any atom is 0.0326 e. The number of rotatable bonds is 10. The maximum atomic E-state index is 2.94. The van der Waals surface area contributed by atoms with Crippen molar-refractivity contribution in [2.45, 2.75) is 95.2 Å². The molecular formula is C37H47N3. The highest BCUT2D eigenvalue weighted by Crippen LogP contribution is 2.49. The minimum atomic E-state index is 0.483. The Hall–Kier alpha value is -2.46. The minimum Gasteiger partial charge on any atom is -0.296 e. The van der Waals surface area contributed by atoms with E-state index in [9.17, 15) is 0 Å². The van der Waals surface area contributed by atoms with Crippen LogP contribution >= 0.6 is 0 Å². The van der Waals surface area contributed by atoms with Crippen LogP contribution in [0.1, 0.15) is 81.1 Å². The Labute approximate surface area is 242 Å². The van der Waals surface area contributed by atoms with Crippen molar-refractivity contribution in [2.75, 3.05) is 13.1 Å². The van der Waals surface area contributed by atoms with Crippen LogP contribution in [0, 0.1) is 11.8 Å². The van der Waals surface area contributed by atoms with Gasteiger partial charge in [0.05, 0.1) is 0 Å². The monoisotopic (exact) mass is 533 g/mol. The predicted octanol–water partition coefficient (Wildman–Crippen LogP) is 7.72. The molecule has 0 aromatic heterocycles. The molecule has 210 valence electrons. The summed E-state index contributed by atoms with van der Waals surface area (Å²) in [6.45, 7) is 8.36. The van der Waals surface area contributed by atoms with Crippen molar-refractivity contribution in [3.63, 3.8) is 0 Å². The van der Waals surface area contributed by atoms with Gasteiger partial charge in [0.15, 0.2) is 0 Å². The summed E-state index contributed by atoms with van der Waals surface area (Å²) >= 11 is 0. The average molecular weight is 534 g/mol. The lowest BCUT2D eigenvalue weighted by Crippen LogP contribution is -2.53. The Bertz CT molecular complexity index is 1150. The first kappa shape index (κ1) is 26.4. The van der Waals surface area contributed by atoms with E-state index in [-0.39, 0.29) is 0 Å². The van der Waals surface area contributed by atoms with Crippen LogP contribution in [0.5, 0.6) is 0 Å². The standard InChI is InChI=1S/C37H47N3/c1-27(30-14-8-4-9-15-30)39-34-20-18-32(22-34)36(39)25-38(24-29-12-6-3-7-13-29)26-37-33-19-21-35(23-33)40(37)28(2)31-16-10-5-11-17-31/h3-17,27-28,32-37H,18-26H2,1-2H3/t27-,28-,32+,33+,34-,35-,36-,37-/m0/s1. The number of likely N-dealkylation sites (tertiary alicyclic amines) is 2. The predicted molar refractivity (Wildman–Crippen MR) is 165 cm³/mol. The van der Waals surface area contributed by atoms with E-state index < -0.39 is 0 Å². The van der Waals surface area contributed by atoms with Crippen molar-refractivity contribution in [1.29, 1.82) is 0 Å².